The molecule has 0 heterocycles. The summed E-state index contributed by atoms with van der Waals surface area (Å²) in [5, 5.41) is 10.7. The van der Waals surface area contributed by atoms with E-state index in [1.165, 1.54) is 76.2 Å². The molecule has 9 rings (SSSR count). The van der Waals surface area contributed by atoms with E-state index in [0.717, 1.165) is 0 Å². The minimum atomic E-state index is 0.238. The Balaban J connectivity index is 1.42. The molecule has 2 atom stereocenters. The molecular weight excluding hydrogens is 504 g/mol. The summed E-state index contributed by atoms with van der Waals surface area (Å²) in [7, 11) is 0. The molecule has 2 unspecified atom stereocenters. The van der Waals surface area contributed by atoms with Crippen LogP contribution in [-0.4, -0.2) is 0 Å². The van der Waals surface area contributed by atoms with Crippen molar-refractivity contribution in [1.82, 2.24) is 0 Å². The van der Waals surface area contributed by atoms with Crippen molar-refractivity contribution in [2.75, 3.05) is 0 Å². The maximum atomic E-state index is 2.43. The molecule has 0 aliphatic heterocycles. The van der Waals surface area contributed by atoms with Gasteiger partial charge in [0.1, 0.15) is 0 Å². The second-order valence-corrected chi connectivity index (χ2v) is 11.6. The van der Waals surface area contributed by atoms with Crippen molar-refractivity contribution in [2.24, 2.45) is 11.8 Å². The molecule has 0 fully saturated rings. The summed E-state index contributed by atoms with van der Waals surface area (Å²) in [6, 6.07) is 49.4. The lowest BCUT2D eigenvalue weighted by Gasteiger charge is -2.34. The summed E-state index contributed by atoms with van der Waals surface area (Å²) in [6.07, 6.45) is 9.33. The zero-order chi connectivity index (χ0) is 27.6. The van der Waals surface area contributed by atoms with Crippen LogP contribution < -0.4 is 10.4 Å². The van der Waals surface area contributed by atoms with Gasteiger partial charge in [0.25, 0.3) is 0 Å². The Morgan fingerprint density at radius 1 is 0.357 bits per heavy atom. The maximum absolute atomic E-state index is 2.43. The Bertz CT molecular complexity index is 2330. The molecule has 0 heteroatoms. The summed E-state index contributed by atoms with van der Waals surface area (Å²) in [6.45, 7) is 0. The lowest BCUT2D eigenvalue weighted by atomic mass is 9.69. The van der Waals surface area contributed by atoms with E-state index in [2.05, 4.69) is 158 Å². The molecule has 0 aromatic heterocycles. The van der Waals surface area contributed by atoms with Crippen LogP contribution in [0.3, 0.4) is 0 Å². The average molecular weight is 533 g/mol. The lowest BCUT2D eigenvalue weighted by Crippen LogP contribution is -2.40. The first kappa shape index (κ1) is 23.5. The Labute approximate surface area is 245 Å². The second-order valence-electron chi connectivity index (χ2n) is 11.6. The van der Waals surface area contributed by atoms with E-state index in [-0.39, 0.29) is 11.8 Å². The van der Waals surface area contributed by atoms with E-state index in [0.29, 0.717) is 0 Å². The molecule has 7 aromatic carbocycles. The number of allylic oxidation sites excluding steroid dienone is 4. The highest BCUT2D eigenvalue weighted by Crippen LogP contribution is 2.45. The van der Waals surface area contributed by atoms with Crippen LogP contribution in [-0.2, 0) is 0 Å². The molecule has 0 saturated carbocycles. The fraction of sp³-hybridized carbons (Fsp3) is 0.0476. The first-order valence-corrected chi connectivity index (χ1v) is 14.9. The van der Waals surface area contributed by atoms with Crippen molar-refractivity contribution in [3.05, 3.63) is 179 Å². The summed E-state index contributed by atoms with van der Waals surface area (Å²) >= 11 is 0. The van der Waals surface area contributed by atoms with Crippen molar-refractivity contribution >= 4 is 43.5 Å². The van der Waals surface area contributed by atoms with Gasteiger partial charge in [-0.05, 0) is 76.2 Å². The van der Waals surface area contributed by atoms with Crippen LogP contribution in [0.25, 0.3) is 54.6 Å². The lowest BCUT2D eigenvalue weighted by molar-refractivity contribution is 0.687. The Morgan fingerprint density at radius 3 is 1.62 bits per heavy atom. The third-order valence-electron chi connectivity index (χ3n) is 9.43. The molecule has 2 aliphatic carbocycles. The number of benzene rings is 7. The average Bonchev–Trinajstić information content (AvgIpc) is 3.06. The molecule has 0 N–H and O–H groups in total. The molecule has 2 aliphatic rings. The fourth-order valence-electron chi connectivity index (χ4n) is 7.68. The SMILES string of the molecule is C1=CC2C(c3ccccc3-c3ccccc3)=c3ccccc3=C(c3ccc4ccc5cccc6ccc3c4c56)C2C=C1. The molecule has 0 nitrogen and oxygen atoms in total. The van der Waals surface area contributed by atoms with Crippen LogP contribution in [0, 0.1) is 11.8 Å². The first-order valence-electron chi connectivity index (χ1n) is 14.9. The molecule has 0 amide bonds. The van der Waals surface area contributed by atoms with E-state index in [4.69, 9.17) is 0 Å². The Hall–Kier alpha value is -5.20. The smallest absolute Gasteiger partial charge is 0.0137 e. The summed E-state index contributed by atoms with van der Waals surface area (Å²) < 4.78 is 0. The highest BCUT2D eigenvalue weighted by molar-refractivity contribution is 6.24. The van der Waals surface area contributed by atoms with E-state index in [1.807, 2.05) is 0 Å². The van der Waals surface area contributed by atoms with Gasteiger partial charge in [-0.1, -0.05) is 158 Å². The molecule has 196 valence electrons. The van der Waals surface area contributed by atoms with Gasteiger partial charge in [0.15, 0.2) is 0 Å². The van der Waals surface area contributed by atoms with Gasteiger partial charge in [0.2, 0.25) is 0 Å². The highest BCUT2D eigenvalue weighted by atomic mass is 14.4. The van der Waals surface area contributed by atoms with Crippen LogP contribution in [0.5, 0.6) is 0 Å². The van der Waals surface area contributed by atoms with Crippen LogP contribution in [0.4, 0.5) is 0 Å². The molecule has 0 spiro atoms. The molecule has 7 aromatic rings. The zero-order valence-corrected chi connectivity index (χ0v) is 23.2. The molecule has 0 radical (unpaired) electrons. The summed E-state index contributed by atoms with van der Waals surface area (Å²) in [5.74, 6) is 0.477. The van der Waals surface area contributed by atoms with Crippen molar-refractivity contribution in [1.29, 1.82) is 0 Å². The standard InChI is InChI=1S/C42H28/c1-2-11-27(12-3-1)31-15-4-5-16-32(31)41-33-17-6-8-19-35(33)42(36-20-9-7-18-34(36)41)38-26-24-30-22-21-28-13-10-14-29-23-25-37(38)40(30)39(28)29/h1-26,33,35H. The van der Waals surface area contributed by atoms with Crippen molar-refractivity contribution in [3.63, 3.8) is 0 Å². The van der Waals surface area contributed by atoms with Gasteiger partial charge in [-0.3, -0.25) is 0 Å². The third kappa shape index (κ3) is 3.36. The van der Waals surface area contributed by atoms with E-state index in [9.17, 15) is 0 Å². The van der Waals surface area contributed by atoms with Gasteiger partial charge in [0.05, 0.1) is 0 Å². The number of hydrogen-bond donors (Lipinski definition) is 0. The predicted molar refractivity (Wildman–Crippen MR) is 178 cm³/mol. The van der Waals surface area contributed by atoms with Crippen molar-refractivity contribution in [2.45, 2.75) is 0 Å². The van der Waals surface area contributed by atoms with Crippen LogP contribution in [0.15, 0.2) is 158 Å². The minimum absolute atomic E-state index is 0.238. The molecule has 0 bridgehead atoms. The minimum Gasteiger partial charge on any atom is -0.0760 e. The molecule has 0 saturated heterocycles. The second kappa shape index (κ2) is 9.16. The predicted octanol–water partition coefficient (Wildman–Crippen LogP) is 9.02. The number of fused-ring (bicyclic) bond motifs is 2. The summed E-state index contributed by atoms with van der Waals surface area (Å²) in [5.41, 5.74) is 8.05. The van der Waals surface area contributed by atoms with Gasteiger partial charge in [0, 0.05) is 11.8 Å². The maximum Gasteiger partial charge on any atom is 0.0137 e. The first-order chi connectivity index (χ1) is 20.9. The van der Waals surface area contributed by atoms with Gasteiger partial charge >= 0.3 is 0 Å². The van der Waals surface area contributed by atoms with E-state index >= 15 is 0 Å². The van der Waals surface area contributed by atoms with Gasteiger partial charge in [-0.2, -0.15) is 0 Å². The topological polar surface area (TPSA) is 0 Å². The Kier molecular flexibility index (Phi) is 5.12. The van der Waals surface area contributed by atoms with Gasteiger partial charge in [-0.25, -0.2) is 0 Å². The zero-order valence-electron chi connectivity index (χ0n) is 23.2. The van der Waals surface area contributed by atoms with Gasteiger partial charge in [-0.15, -0.1) is 0 Å². The highest BCUT2D eigenvalue weighted by Gasteiger charge is 2.33. The van der Waals surface area contributed by atoms with Crippen LogP contribution >= 0.6 is 0 Å². The van der Waals surface area contributed by atoms with Crippen LogP contribution in [0.1, 0.15) is 11.1 Å². The van der Waals surface area contributed by atoms with Crippen LogP contribution in [0.2, 0.25) is 0 Å². The third-order valence-corrected chi connectivity index (χ3v) is 9.43. The van der Waals surface area contributed by atoms with E-state index in [1.54, 1.807) is 0 Å². The molecule has 42 heavy (non-hydrogen) atoms. The Morgan fingerprint density at radius 2 is 0.905 bits per heavy atom. The summed E-state index contributed by atoms with van der Waals surface area (Å²) in [4.78, 5) is 0. The van der Waals surface area contributed by atoms with Crippen molar-refractivity contribution < 1.29 is 0 Å². The number of hydrogen-bond acceptors (Lipinski definition) is 0. The van der Waals surface area contributed by atoms with Crippen molar-refractivity contribution in [3.8, 4) is 11.1 Å². The number of rotatable bonds is 3. The largest absolute Gasteiger partial charge is 0.0760 e. The van der Waals surface area contributed by atoms with Gasteiger partial charge < -0.3 is 0 Å². The monoisotopic (exact) mass is 532 g/mol. The fourth-order valence-corrected chi connectivity index (χ4v) is 7.68. The molecular formula is C42H28. The van der Waals surface area contributed by atoms with E-state index < -0.39 is 0 Å². The normalized spacial score (nSPS) is 17.7. The quantitative estimate of drug-likeness (QED) is 0.199.